The number of nitrogens with one attached hydrogen (secondary N) is 2. The highest BCUT2D eigenvalue weighted by Crippen LogP contribution is 2.21. The van der Waals surface area contributed by atoms with Crippen LogP contribution in [-0.4, -0.2) is 47.2 Å². The minimum absolute atomic E-state index is 0.359. The van der Waals surface area contributed by atoms with Gasteiger partial charge in [0.15, 0.2) is 10.2 Å². The quantitative estimate of drug-likeness (QED) is 0.599. The Balaban J connectivity index is 2.26. The topological polar surface area (TPSA) is 49.0 Å². The molecule has 2 aliphatic rings. The van der Waals surface area contributed by atoms with Crippen LogP contribution in [-0.2, 0) is 9.47 Å². The fraction of sp³-hybridized carbons (Fsp3) is 0.667. The first kappa shape index (κ1) is 9.84. The summed E-state index contributed by atoms with van der Waals surface area (Å²) >= 11 is 10.2. The van der Waals surface area contributed by atoms with Crippen LogP contribution in [0.4, 0.5) is 0 Å². The number of hydrogen-bond donors (Lipinski definition) is 2. The Hall–Kier alpha value is -0.700. The van der Waals surface area contributed by atoms with Crippen LogP contribution in [0, 0.1) is 0 Å². The Morgan fingerprint density at radius 3 is 1.64 bits per heavy atom. The molecule has 2 atom stereocenters. The zero-order valence-corrected chi connectivity index (χ0v) is 9.32. The molecule has 0 aromatic heterocycles. The third-order valence-corrected chi connectivity index (χ3v) is 2.64. The first-order valence-electron chi connectivity index (χ1n) is 3.94. The predicted octanol–water partition coefficient (Wildman–Crippen LogP) is -0.858. The molecule has 6 nitrogen and oxygen atoms in total. The van der Waals surface area contributed by atoms with Crippen LogP contribution in [0.3, 0.4) is 0 Å². The summed E-state index contributed by atoms with van der Waals surface area (Å²) in [6.07, 6.45) is -0.717. The number of ether oxygens (including phenoxy) is 2. The van der Waals surface area contributed by atoms with Crippen molar-refractivity contribution >= 4 is 34.7 Å². The van der Waals surface area contributed by atoms with Gasteiger partial charge < -0.3 is 20.1 Å². The predicted molar refractivity (Wildman–Crippen MR) is 56.7 cm³/mol. The van der Waals surface area contributed by atoms with Crippen molar-refractivity contribution in [3.05, 3.63) is 0 Å². The summed E-state index contributed by atoms with van der Waals surface area (Å²) < 4.78 is 10.3. The number of nitrogens with zero attached hydrogens (tertiary/aromatic N) is 2. The summed E-state index contributed by atoms with van der Waals surface area (Å²) in [5.74, 6) is 0. The van der Waals surface area contributed by atoms with E-state index in [9.17, 15) is 0 Å². The van der Waals surface area contributed by atoms with Crippen molar-refractivity contribution in [3.63, 3.8) is 0 Å². The van der Waals surface area contributed by atoms with Crippen molar-refractivity contribution in [2.75, 3.05) is 14.2 Å². The highest BCUT2D eigenvalue weighted by molar-refractivity contribution is 7.80. The normalized spacial score (nSPS) is 30.4. The molecule has 0 saturated carbocycles. The molecule has 8 heteroatoms. The van der Waals surface area contributed by atoms with Crippen LogP contribution < -0.4 is 10.6 Å². The summed E-state index contributed by atoms with van der Waals surface area (Å²) in [5.41, 5.74) is 0. The molecule has 0 spiro atoms. The second-order valence-electron chi connectivity index (χ2n) is 2.76. The third-order valence-electron chi connectivity index (χ3n) is 2.03. The number of fused-ring (bicyclic) bond motifs is 1. The van der Waals surface area contributed by atoms with Crippen LogP contribution in [0.15, 0.2) is 0 Å². The smallest absolute Gasteiger partial charge is 0.229 e. The largest absolute Gasteiger partial charge is 0.342 e. The molecule has 0 aromatic rings. The molecule has 2 saturated heterocycles. The highest BCUT2D eigenvalue weighted by Gasteiger charge is 2.46. The average molecular weight is 234 g/mol. The van der Waals surface area contributed by atoms with Crippen LogP contribution in [0.5, 0.6) is 0 Å². The molecule has 2 rings (SSSR count). The van der Waals surface area contributed by atoms with E-state index in [2.05, 4.69) is 10.6 Å². The van der Waals surface area contributed by atoms with E-state index in [-0.39, 0.29) is 12.7 Å². The maximum absolute atomic E-state index is 5.16. The molecule has 0 aliphatic carbocycles. The third kappa shape index (κ3) is 1.22. The van der Waals surface area contributed by atoms with Gasteiger partial charge in [-0.3, -0.25) is 0 Å². The van der Waals surface area contributed by atoms with E-state index in [1.165, 1.54) is 0 Å². The molecular weight excluding hydrogens is 224 g/mol. The Bertz CT molecular complexity index is 259. The second-order valence-corrected chi connectivity index (χ2v) is 3.54. The molecule has 0 radical (unpaired) electrons. The van der Waals surface area contributed by atoms with Gasteiger partial charge in [0.2, 0.25) is 12.7 Å². The Morgan fingerprint density at radius 2 is 1.36 bits per heavy atom. The van der Waals surface area contributed by atoms with Crippen molar-refractivity contribution in [1.82, 2.24) is 20.7 Å². The SMILES string of the molecule is COC1NC(=S)N2C(OC)NC(=S)N12. The molecule has 2 N–H and O–H groups in total. The number of hydrogen-bond acceptors (Lipinski definition) is 4. The lowest BCUT2D eigenvalue weighted by Gasteiger charge is -2.23. The van der Waals surface area contributed by atoms with Crippen LogP contribution >= 0.6 is 24.4 Å². The first-order chi connectivity index (χ1) is 6.69. The molecule has 2 aliphatic heterocycles. The van der Waals surface area contributed by atoms with E-state index < -0.39 is 0 Å². The van der Waals surface area contributed by atoms with Crippen molar-refractivity contribution in [2.24, 2.45) is 0 Å². The van der Waals surface area contributed by atoms with Gasteiger partial charge >= 0.3 is 0 Å². The Labute approximate surface area is 92.1 Å². The minimum Gasteiger partial charge on any atom is -0.342 e. The summed E-state index contributed by atoms with van der Waals surface area (Å²) in [5, 5.41) is 10.4. The van der Waals surface area contributed by atoms with Crippen molar-refractivity contribution < 1.29 is 9.47 Å². The zero-order valence-electron chi connectivity index (χ0n) is 7.68. The monoisotopic (exact) mass is 234 g/mol. The molecular formula is C6H10N4O2S2. The molecule has 2 unspecified atom stereocenters. The molecule has 2 fully saturated rings. The van der Waals surface area contributed by atoms with Gasteiger partial charge in [0.25, 0.3) is 0 Å². The van der Waals surface area contributed by atoms with Gasteiger partial charge in [0, 0.05) is 14.2 Å². The zero-order chi connectivity index (χ0) is 10.3. The van der Waals surface area contributed by atoms with E-state index in [1.807, 2.05) is 0 Å². The van der Waals surface area contributed by atoms with Gasteiger partial charge in [-0.15, -0.1) is 0 Å². The van der Waals surface area contributed by atoms with Gasteiger partial charge in [-0.1, -0.05) is 0 Å². The molecule has 0 bridgehead atoms. The van der Waals surface area contributed by atoms with Crippen molar-refractivity contribution in [2.45, 2.75) is 12.7 Å². The minimum atomic E-state index is -0.359. The van der Waals surface area contributed by atoms with E-state index in [4.69, 9.17) is 33.9 Å². The summed E-state index contributed by atoms with van der Waals surface area (Å²) in [6.45, 7) is 0. The van der Waals surface area contributed by atoms with Crippen molar-refractivity contribution in [1.29, 1.82) is 0 Å². The second kappa shape index (κ2) is 3.46. The number of rotatable bonds is 2. The maximum Gasteiger partial charge on any atom is 0.229 e. The van der Waals surface area contributed by atoms with Crippen LogP contribution in [0.1, 0.15) is 0 Å². The van der Waals surface area contributed by atoms with Gasteiger partial charge in [-0.05, 0) is 24.4 Å². The molecule has 0 aromatic carbocycles. The summed E-state index contributed by atoms with van der Waals surface area (Å²) in [6, 6.07) is 0. The maximum atomic E-state index is 5.16. The average Bonchev–Trinajstić information content (AvgIpc) is 2.67. The number of hydrazine groups is 1. The van der Waals surface area contributed by atoms with Gasteiger partial charge in [0.05, 0.1) is 0 Å². The van der Waals surface area contributed by atoms with E-state index >= 15 is 0 Å². The molecule has 2 heterocycles. The van der Waals surface area contributed by atoms with Crippen LogP contribution in [0.2, 0.25) is 0 Å². The standard InChI is InChI=1S/C6H10N4O2S2/c1-11-3-7-5(13)10-4(12-2)8-6(14)9(3)10/h3-4H,1-2H3,(H,7,13)(H,8,14). The molecule has 14 heavy (non-hydrogen) atoms. The fourth-order valence-corrected chi connectivity index (χ4v) is 1.99. The number of methoxy groups -OCH3 is 2. The molecule has 78 valence electrons. The van der Waals surface area contributed by atoms with Crippen molar-refractivity contribution in [3.8, 4) is 0 Å². The van der Waals surface area contributed by atoms with Gasteiger partial charge in [0.1, 0.15) is 0 Å². The lowest BCUT2D eigenvalue weighted by molar-refractivity contribution is -0.0951. The highest BCUT2D eigenvalue weighted by atomic mass is 32.1. The van der Waals surface area contributed by atoms with Gasteiger partial charge in [-0.2, -0.15) is 0 Å². The molecule has 0 amide bonds. The fourth-order valence-electron chi connectivity index (χ4n) is 1.42. The van der Waals surface area contributed by atoms with E-state index in [1.54, 1.807) is 24.2 Å². The summed E-state index contributed by atoms with van der Waals surface area (Å²) in [4.78, 5) is 0. The lowest BCUT2D eigenvalue weighted by Crippen LogP contribution is -2.42. The number of thiocarbonyl (C=S) groups is 2. The first-order valence-corrected chi connectivity index (χ1v) is 4.75. The summed E-state index contributed by atoms with van der Waals surface area (Å²) in [7, 11) is 3.15. The van der Waals surface area contributed by atoms with Crippen LogP contribution in [0.25, 0.3) is 0 Å². The Kier molecular flexibility index (Phi) is 2.43. The van der Waals surface area contributed by atoms with E-state index in [0.29, 0.717) is 10.2 Å². The van der Waals surface area contributed by atoms with Gasteiger partial charge in [-0.25, -0.2) is 10.0 Å². The van der Waals surface area contributed by atoms with E-state index in [0.717, 1.165) is 0 Å². The Morgan fingerprint density at radius 1 is 1.00 bits per heavy atom. The lowest BCUT2D eigenvalue weighted by atomic mass is 10.8.